The normalized spacial score (nSPS) is 14.1. The number of benzene rings is 1. The van der Waals surface area contributed by atoms with Crippen molar-refractivity contribution in [2.75, 3.05) is 20.1 Å². The first-order valence-electron chi connectivity index (χ1n) is 10.2. The van der Waals surface area contributed by atoms with Crippen LogP contribution in [-0.2, 0) is 11.2 Å². The van der Waals surface area contributed by atoms with Gasteiger partial charge < -0.3 is 10.6 Å². The van der Waals surface area contributed by atoms with Crippen LogP contribution in [-0.4, -0.2) is 32.3 Å². The van der Waals surface area contributed by atoms with Gasteiger partial charge in [0.05, 0.1) is 0 Å². The minimum absolute atomic E-state index is 0.0136. The van der Waals surface area contributed by atoms with E-state index in [2.05, 4.69) is 29.9 Å². The maximum atomic E-state index is 11.7. The Morgan fingerprint density at radius 3 is 2.63 bits per heavy atom. The van der Waals surface area contributed by atoms with E-state index in [4.69, 9.17) is 0 Å². The van der Waals surface area contributed by atoms with Crippen LogP contribution in [0.1, 0.15) is 48.7 Å². The number of carbonyl (C=O) groups excluding carboxylic acids is 2. The van der Waals surface area contributed by atoms with Gasteiger partial charge in [-0.25, -0.2) is 0 Å². The van der Waals surface area contributed by atoms with Gasteiger partial charge in [-0.3, -0.25) is 9.59 Å². The zero-order valence-electron chi connectivity index (χ0n) is 18.7. The van der Waals surface area contributed by atoms with Crippen molar-refractivity contribution in [2.45, 2.75) is 33.6 Å². The Morgan fingerprint density at radius 1 is 1.30 bits per heavy atom. The molecule has 1 aliphatic heterocycles. The van der Waals surface area contributed by atoms with Gasteiger partial charge >= 0.3 is 0 Å². The van der Waals surface area contributed by atoms with Crippen molar-refractivity contribution in [3.63, 3.8) is 0 Å². The Bertz CT molecular complexity index is 873. The highest BCUT2D eigenvalue weighted by atomic mass is 16.1. The summed E-state index contributed by atoms with van der Waals surface area (Å²) in [5, 5.41) is 5.88. The summed E-state index contributed by atoms with van der Waals surface area (Å²) in [6.45, 7) is 15.3. The molecule has 1 aromatic carbocycles. The highest BCUT2D eigenvalue weighted by molar-refractivity contribution is 5.97. The van der Waals surface area contributed by atoms with Crippen LogP contribution in [0.4, 0.5) is 0 Å². The van der Waals surface area contributed by atoms with E-state index in [1.165, 1.54) is 5.57 Å². The van der Waals surface area contributed by atoms with E-state index < -0.39 is 0 Å². The molecule has 0 bridgehead atoms. The third kappa shape index (κ3) is 7.80. The van der Waals surface area contributed by atoms with E-state index in [1.54, 1.807) is 6.08 Å². The standard InChI is InChI=1S/C18H19NO.C8H15NO/c1-4-6-14(5-2)11-13(3)15-7-8-17-16(12-15)9-10-19-18(17)20;1-7(4-5-9-3)8(2)6-10/h4-8,11-12H,2-3,9-10H2,1H3,(H,19,20);6,9H,4-5H2,1-3H3/b6-4-,14-11-;8-7-. The van der Waals surface area contributed by atoms with Crippen molar-refractivity contribution in [1.29, 1.82) is 0 Å². The number of amides is 1. The van der Waals surface area contributed by atoms with Gasteiger partial charge in [-0.1, -0.05) is 49.1 Å². The Labute approximate surface area is 181 Å². The number of rotatable bonds is 8. The number of fused-ring (bicyclic) bond motifs is 1. The average Bonchev–Trinajstić information content (AvgIpc) is 2.76. The largest absolute Gasteiger partial charge is 0.352 e. The number of aldehydes is 1. The molecule has 4 nitrogen and oxygen atoms in total. The zero-order valence-corrected chi connectivity index (χ0v) is 18.7. The lowest BCUT2D eigenvalue weighted by atomic mass is 9.94. The van der Waals surface area contributed by atoms with Crippen molar-refractivity contribution in [2.24, 2.45) is 0 Å². The lowest BCUT2D eigenvalue weighted by Crippen LogP contribution is -2.31. The van der Waals surface area contributed by atoms with Crippen LogP contribution in [0.3, 0.4) is 0 Å². The monoisotopic (exact) mass is 406 g/mol. The van der Waals surface area contributed by atoms with Gasteiger partial charge in [-0.15, -0.1) is 0 Å². The summed E-state index contributed by atoms with van der Waals surface area (Å²) < 4.78 is 0. The average molecular weight is 407 g/mol. The molecule has 0 saturated heterocycles. The van der Waals surface area contributed by atoms with E-state index in [1.807, 2.05) is 58.2 Å². The second-order valence-corrected chi connectivity index (χ2v) is 7.19. The van der Waals surface area contributed by atoms with Gasteiger partial charge in [0.1, 0.15) is 6.29 Å². The van der Waals surface area contributed by atoms with E-state index in [0.717, 1.165) is 59.1 Å². The summed E-state index contributed by atoms with van der Waals surface area (Å²) in [6, 6.07) is 5.88. The minimum atomic E-state index is 0.0136. The highest BCUT2D eigenvalue weighted by Crippen LogP contribution is 2.22. The van der Waals surface area contributed by atoms with Crippen LogP contribution in [0.5, 0.6) is 0 Å². The molecule has 30 heavy (non-hydrogen) atoms. The molecule has 2 rings (SSSR count). The summed E-state index contributed by atoms with van der Waals surface area (Å²) in [7, 11) is 1.91. The number of carbonyl (C=O) groups is 2. The molecular formula is C26H34N2O2. The summed E-state index contributed by atoms with van der Waals surface area (Å²) in [5.41, 5.74) is 6.88. The predicted molar refractivity (Wildman–Crippen MR) is 128 cm³/mol. The Hall–Kier alpha value is -2.98. The fraction of sp³-hybridized carbons (Fsp3) is 0.308. The number of hydrogen-bond acceptors (Lipinski definition) is 3. The summed E-state index contributed by atoms with van der Waals surface area (Å²) in [6.07, 6.45) is 10.5. The Balaban J connectivity index is 0.000000382. The first kappa shape index (κ1) is 25.1. The molecule has 0 aromatic heterocycles. The zero-order chi connectivity index (χ0) is 22.5. The predicted octanol–water partition coefficient (Wildman–Crippen LogP) is 4.81. The van der Waals surface area contributed by atoms with E-state index in [0.29, 0.717) is 6.54 Å². The minimum Gasteiger partial charge on any atom is -0.352 e. The van der Waals surface area contributed by atoms with Crippen molar-refractivity contribution < 1.29 is 9.59 Å². The molecule has 0 atom stereocenters. The van der Waals surface area contributed by atoms with Gasteiger partial charge in [0.15, 0.2) is 0 Å². The number of nitrogens with one attached hydrogen (secondary N) is 2. The van der Waals surface area contributed by atoms with Gasteiger partial charge in [-0.05, 0) is 87.2 Å². The Morgan fingerprint density at radius 2 is 2.03 bits per heavy atom. The van der Waals surface area contributed by atoms with Crippen LogP contribution in [0, 0.1) is 0 Å². The molecule has 4 heteroatoms. The van der Waals surface area contributed by atoms with E-state index >= 15 is 0 Å². The summed E-state index contributed by atoms with van der Waals surface area (Å²) in [4.78, 5) is 21.9. The Kier molecular flexibility index (Phi) is 11.1. The highest BCUT2D eigenvalue weighted by Gasteiger charge is 2.16. The van der Waals surface area contributed by atoms with Crippen molar-refractivity contribution in [1.82, 2.24) is 10.6 Å². The van der Waals surface area contributed by atoms with Gasteiger partial charge in [-0.2, -0.15) is 0 Å². The quantitative estimate of drug-likeness (QED) is 0.370. The van der Waals surface area contributed by atoms with E-state index in [9.17, 15) is 9.59 Å². The van der Waals surface area contributed by atoms with Crippen LogP contribution in [0.2, 0.25) is 0 Å². The van der Waals surface area contributed by atoms with Crippen LogP contribution in [0.15, 0.2) is 72.4 Å². The van der Waals surface area contributed by atoms with Gasteiger partial charge in [0.25, 0.3) is 5.91 Å². The molecule has 0 spiro atoms. The second kappa shape index (κ2) is 13.3. The van der Waals surface area contributed by atoms with Crippen molar-refractivity contribution >= 4 is 17.8 Å². The lowest BCUT2D eigenvalue weighted by Gasteiger charge is -2.17. The van der Waals surface area contributed by atoms with Crippen molar-refractivity contribution in [3.8, 4) is 0 Å². The first-order valence-corrected chi connectivity index (χ1v) is 10.2. The molecule has 2 N–H and O–H groups in total. The smallest absolute Gasteiger partial charge is 0.251 e. The molecule has 0 fully saturated rings. The number of hydrogen-bond donors (Lipinski definition) is 2. The van der Waals surface area contributed by atoms with Gasteiger partial charge in [0.2, 0.25) is 0 Å². The molecule has 0 radical (unpaired) electrons. The summed E-state index contributed by atoms with van der Waals surface area (Å²) >= 11 is 0. The third-order valence-corrected chi connectivity index (χ3v) is 4.94. The SMILES string of the molecule is C=CC(/C=C\C)=C/C(=C)c1ccc2c(c1)CCNC2=O.CNCC/C(C)=C(/C)C=O. The maximum absolute atomic E-state index is 11.7. The molecule has 1 amide bonds. The molecule has 0 unspecified atom stereocenters. The third-order valence-electron chi connectivity index (χ3n) is 4.94. The van der Waals surface area contributed by atoms with Crippen LogP contribution < -0.4 is 10.6 Å². The topological polar surface area (TPSA) is 58.2 Å². The number of allylic oxidation sites excluding steroid dienone is 7. The molecule has 0 aliphatic carbocycles. The summed E-state index contributed by atoms with van der Waals surface area (Å²) in [5.74, 6) is 0.0136. The lowest BCUT2D eigenvalue weighted by molar-refractivity contribution is -0.104. The van der Waals surface area contributed by atoms with Gasteiger partial charge in [0, 0.05) is 12.1 Å². The molecule has 0 saturated carbocycles. The fourth-order valence-electron chi connectivity index (χ4n) is 2.89. The fourth-order valence-corrected chi connectivity index (χ4v) is 2.89. The molecular weight excluding hydrogens is 372 g/mol. The molecule has 1 heterocycles. The van der Waals surface area contributed by atoms with E-state index in [-0.39, 0.29) is 5.91 Å². The van der Waals surface area contributed by atoms with Crippen LogP contribution >= 0.6 is 0 Å². The molecule has 1 aromatic rings. The van der Waals surface area contributed by atoms with Crippen molar-refractivity contribution in [3.05, 3.63) is 89.1 Å². The molecule has 1 aliphatic rings. The molecule has 160 valence electrons. The van der Waals surface area contributed by atoms with Crippen LogP contribution in [0.25, 0.3) is 5.57 Å². The maximum Gasteiger partial charge on any atom is 0.251 e. The second-order valence-electron chi connectivity index (χ2n) is 7.19. The first-order chi connectivity index (χ1) is 14.4.